The fraction of sp³-hybridized carbons (Fsp3) is 0.391. The summed E-state index contributed by atoms with van der Waals surface area (Å²) < 4.78 is 0. The molecule has 146 valence electrons. The number of para-hydroxylation sites is 2. The van der Waals surface area contributed by atoms with Gasteiger partial charge in [-0.25, -0.2) is 4.98 Å². The Kier molecular flexibility index (Phi) is 5.72. The van der Waals surface area contributed by atoms with Crippen LogP contribution >= 0.6 is 0 Å². The summed E-state index contributed by atoms with van der Waals surface area (Å²) in [6.07, 6.45) is 10.8. The van der Waals surface area contributed by atoms with Crippen LogP contribution in [0.15, 0.2) is 54.9 Å². The van der Waals surface area contributed by atoms with E-state index in [1.54, 1.807) is 0 Å². The molecule has 0 fully saturated rings. The zero-order valence-corrected chi connectivity index (χ0v) is 16.8. The van der Waals surface area contributed by atoms with Crippen LogP contribution in [-0.2, 0) is 13.0 Å². The lowest BCUT2D eigenvalue weighted by Gasteiger charge is -2.34. The van der Waals surface area contributed by atoms with Crippen LogP contribution in [0.25, 0.3) is 11.0 Å². The summed E-state index contributed by atoms with van der Waals surface area (Å²) in [5.74, 6) is 1.03. The molecule has 0 saturated heterocycles. The molecule has 0 saturated carbocycles. The van der Waals surface area contributed by atoms with Crippen LogP contribution < -0.4 is 0 Å². The first-order valence-electron chi connectivity index (χ1n) is 10.2. The second kappa shape index (κ2) is 8.57. The number of hydrogen-bond acceptors (Lipinski definition) is 4. The molecular weight excluding hydrogens is 346 g/mol. The van der Waals surface area contributed by atoms with Crippen molar-refractivity contribution in [2.24, 2.45) is 0 Å². The molecule has 1 aromatic carbocycles. The number of H-pyrrole nitrogens is 1. The number of hydrogen-bond donors (Lipinski definition) is 1. The van der Waals surface area contributed by atoms with Crippen molar-refractivity contribution in [1.29, 1.82) is 0 Å². The van der Waals surface area contributed by atoms with E-state index in [0.717, 1.165) is 49.2 Å². The largest absolute Gasteiger partial charge is 0.384 e. The Bertz CT molecular complexity index is 910. The number of aryl methyl sites for hydroxylation is 1. The molecule has 1 aliphatic carbocycles. The Balaban J connectivity index is 1.58. The summed E-state index contributed by atoms with van der Waals surface area (Å²) >= 11 is 0. The average Bonchev–Trinajstić information content (AvgIpc) is 3.12. The number of benzene rings is 1. The molecule has 1 unspecified atom stereocenters. The summed E-state index contributed by atoms with van der Waals surface area (Å²) in [5, 5.41) is 0. The summed E-state index contributed by atoms with van der Waals surface area (Å²) in [5.41, 5.74) is 4.79. The van der Waals surface area contributed by atoms with Gasteiger partial charge >= 0.3 is 0 Å². The Morgan fingerprint density at radius 2 is 2.07 bits per heavy atom. The van der Waals surface area contributed by atoms with Crippen molar-refractivity contribution < 1.29 is 0 Å². The Hall–Kier alpha value is -2.66. The van der Waals surface area contributed by atoms with E-state index >= 15 is 0 Å². The molecule has 3 aromatic rings. The highest BCUT2D eigenvalue weighted by Gasteiger charge is 2.27. The van der Waals surface area contributed by atoms with Crippen molar-refractivity contribution in [1.82, 2.24) is 24.8 Å². The predicted molar refractivity (Wildman–Crippen MR) is 114 cm³/mol. The number of rotatable bonds is 7. The highest BCUT2D eigenvalue weighted by molar-refractivity contribution is 5.74. The first-order valence-corrected chi connectivity index (χ1v) is 10.2. The molecule has 1 atom stereocenters. The number of pyridine rings is 1. The van der Waals surface area contributed by atoms with Crippen LogP contribution in [-0.4, -0.2) is 45.4 Å². The first-order chi connectivity index (χ1) is 13.7. The molecule has 2 heterocycles. The maximum absolute atomic E-state index is 4.82. The minimum absolute atomic E-state index is 0.353. The Morgan fingerprint density at radius 3 is 2.93 bits per heavy atom. The minimum Gasteiger partial charge on any atom is -0.384 e. The van der Waals surface area contributed by atoms with E-state index in [2.05, 4.69) is 71.5 Å². The van der Waals surface area contributed by atoms with Gasteiger partial charge in [0.15, 0.2) is 0 Å². The van der Waals surface area contributed by atoms with E-state index in [1.807, 2.05) is 12.3 Å². The van der Waals surface area contributed by atoms with Crippen molar-refractivity contribution in [3.8, 4) is 0 Å². The van der Waals surface area contributed by atoms with E-state index in [-0.39, 0.29) is 0 Å². The Labute approximate surface area is 167 Å². The number of nitrogens with one attached hydrogen (secondary N) is 1. The molecule has 1 aliphatic rings. The smallest absolute Gasteiger partial charge is 0.121 e. The quantitative estimate of drug-likeness (QED) is 0.669. The molecule has 28 heavy (non-hydrogen) atoms. The molecule has 5 heteroatoms. The SMILES string of the molecule is CN(C)/C=C/CCN(Cc1nc2ccccc2[nH]1)C1CCCc2cccnc21. The van der Waals surface area contributed by atoms with Crippen molar-refractivity contribution in [3.05, 3.63) is 72.0 Å². The van der Waals surface area contributed by atoms with Crippen LogP contribution in [0.4, 0.5) is 0 Å². The lowest BCUT2D eigenvalue weighted by Crippen LogP contribution is -2.32. The minimum atomic E-state index is 0.353. The standard InChI is InChI=1S/C23H29N5/c1-27(2)15-5-6-16-28(17-22-25-19-11-3-4-12-20(19)26-22)21-13-7-9-18-10-8-14-24-23(18)21/h3-5,8,10-12,14-15,21H,6-7,9,13,16-17H2,1-2H3,(H,25,26)/b15-5+. The monoisotopic (exact) mass is 375 g/mol. The summed E-state index contributed by atoms with van der Waals surface area (Å²) in [6.45, 7) is 1.80. The molecular formula is C23H29N5. The molecule has 0 bridgehead atoms. The highest BCUT2D eigenvalue weighted by atomic mass is 15.2. The van der Waals surface area contributed by atoms with Gasteiger partial charge in [-0.1, -0.05) is 24.3 Å². The summed E-state index contributed by atoms with van der Waals surface area (Å²) in [7, 11) is 4.12. The molecule has 0 amide bonds. The summed E-state index contributed by atoms with van der Waals surface area (Å²) in [4.78, 5) is 17.7. The van der Waals surface area contributed by atoms with Crippen molar-refractivity contribution in [2.45, 2.75) is 38.3 Å². The second-order valence-electron chi connectivity index (χ2n) is 7.76. The van der Waals surface area contributed by atoms with Gasteiger partial charge in [-0.3, -0.25) is 9.88 Å². The van der Waals surface area contributed by atoms with E-state index in [9.17, 15) is 0 Å². The molecule has 2 aromatic heterocycles. The van der Waals surface area contributed by atoms with E-state index < -0.39 is 0 Å². The number of aromatic amines is 1. The lowest BCUT2D eigenvalue weighted by molar-refractivity contribution is 0.165. The maximum Gasteiger partial charge on any atom is 0.121 e. The fourth-order valence-electron chi connectivity index (χ4n) is 4.08. The topological polar surface area (TPSA) is 48.0 Å². The third-order valence-corrected chi connectivity index (χ3v) is 5.38. The van der Waals surface area contributed by atoms with Crippen LogP contribution in [0.5, 0.6) is 0 Å². The lowest BCUT2D eigenvalue weighted by atomic mass is 9.90. The van der Waals surface area contributed by atoms with E-state index in [4.69, 9.17) is 9.97 Å². The van der Waals surface area contributed by atoms with Crippen molar-refractivity contribution in [3.63, 3.8) is 0 Å². The first kappa shape index (κ1) is 18.7. The van der Waals surface area contributed by atoms with E-state index in [1.165, 1.54) is 17.7 Å². The summed E-state index contributed by atoms with van der Waals surface area (Å²) in [6, 6.07) is 12.9. The van der Waals surface area contributed by atoms with Gasteiger partial charge in [-0.2, -0.15) is 0 Å². The molecule has 5 nitrogen and oxygen atoms in total. The number of fused-ring (bicyclic) bond motifs is 2. The Morgan fingerprint density at radius 1 is 1.18 bits per heavy atom. The van der Waals surface area contributed by atoms with Gasteiger partial charge in [0.1, 0.15) is 5.82 Å². The average molecular weight is 376 g/mol. The molecule has 0 radical (unpaired) electrons. The van der Waals surface area contributed by atoms with E-state index in [0.29, 0.717) is 6.04 Å². The normalized spacial score (nSPS) is 16.8. The molecule has 0 aliphatic heterocycles. The van der Waals surface area contributed by atoms with Gasteiger partial charge in [0, 0.05) is 26.8 Å². The molecule has 4 rings (SSSR count). The molecule has 1 N–H and O–H groups in total. The zero-order valence-electron chi connectivity index (χ0n) is 16.8. The van der Waals surface area contributed by atoms with Gasteiger partial charge in [0.2, 0.25) is 0 Å². The number of nitrogens with zero attached hydrogens (tertiary/aromatic N) is 4. The third-order valence-electron chi connectivity index (χ3n) is 5.38. The van der Waals surface area contributed by atoms with Crippen LogP contribution in [0.3, 0.4) is 0 Å². The predicted octanol–water partition coefficient (Wildman–Crippen LogP) is 4.30. The number of imidazole rings is 1. The van der Waals surface area contributed by atoms with Gasteiger partial charge in [0.05, 0.1) is 29.3 Å². The van der Waals surface area contributed by atoms with Gasteiger partial charge in [0.25, 0.3) is 0 Å². The second-order valence-corrected chi connectivity index (χ2v) is 7.76. The maximum atomic E-state index is 4.82. The van der Waals surface area contributed by atoms with Crippen LogP contribution in [0.2, 0.25) is 0 Å². The zero-order chi connectivity index (χ0) is 19.3. The van der Waals surface area contributed by atoms with Gasteiger partial charge in [-0.15, -0.1) is 0 Å². The highest BCUT2D eigenvalue weighted by Crippen LogP contribution is 2.33. The fourth-order valence-corrected chi connectivity index (χ4v) is 4.08. The number of aromatic nitrogens is 3. The van der Waals surface area contributed by atoms with Gasteiger partial charge < -0.3 is 9.88 Å². The van der Waals surface area contributed by atoms with Crippen LogP contribution in [0, 0.1) is 0 Å². The van der Waals surface area contributed by atoms with Gasteiger partial charge in [-0.05, 0) is 55.6 Å². The van der Waals surface area contributed by atoms with Crippen LogP contribution in [0.1, 0.15) is 42.4 Å². The molecule has 0 spiro atoms. The third kappa shape index (κ3) is 4.25. The van der Waals surface area contributed by atoms with Crippen molar-refractivity contribution >= 4 is 11.0 Å². The van der Waals surface area contributed by atoms with Crippen molar-refractivity contribution in [2.75, 3.05) is 20.6 Å².